The van der Waals surface area contributed by atoms with Crippen LogP contribution in [0.15, 0.2) is 17.8 Å². The molecule has 2 aromatic rings. The molecule has 2 aromatic heterocycles. The molecule has 1 N–H and O–H groups in total. The molecule has 8 heteroatoms. The number of nitrogens with zero attached hydrogens (tertiary/aromatic N) is 6. The molecule has 0 unspecified atom stereocenters. The van der Waals surface area contributed by atoms with Crippen molar-refractivity contribution in [3.63, 3.8) is 0 Å². The Kier molecular flexibility index (Phi) is 4.79. The van der Waals surface area contributed by atoms with Crippen molar-refractivity contribution in [1.82, 2.24) is 30.2 Å². The number of aromatic nitrogens is 4. The van der Waals surface area contributed by atoms with Crippen LogP contribution in [0.25, 0.3) is 0 Å². The largest absolute Gasteiger partial charge is 0.346 e. The molecular weight excluding hydrogens is 286 g/mol. The van der Waals surface area contributed by atoms with Crippen molar-refractivity contribution in [2.24, 2.45) is 0 Å². The first-order valence-electron chi connectivity index (χ1n) is 7.25. The van der Waals surface area contributed by atoms with E-state index in [0.29, 0.717) is 0 Å². The Morgan fingerprint density at radius 1 is 1.24 bits per heavy atom. The highest BCUT2D eigenvalue weighted by Gasteiger charge is 2.18. The van der Waals surface area contributed by atoms with Gasteiger partial charge in [-0.1, -0.05) is 5.21 Å². The van der Waals surface area contributed by atoms with Crippen LogP contribution >= 0.6 is 11.3 Å². The van der Waals surface area contributed by atoms with Gasteiger partial charge in [0.1, 0.15) is 0 Å². The molecule has 0 saturated carbocycles. The summed E-state index contributed by atoms with van der Waals surface area (Å²) in [5, 5.41) is 14.6. The van der Waals surface area contributed by atoms with Gasteiger partial charge in [-0.15, -0.1) is 16.4 Å². The number of hydrogen-bond acceptors (Lipinski definition) is 7. The molecule has 0 aromatic carbocycles. The van der Waals surface area contributed by atoms with Gasteiger partial charge in [0, 0.05) is 57.0 Å². The predicted octanol–water partition coefficient (Wildman–Crippen LogP) is 0.276. The number of hydrogen-bond donors (Lipinski definition) is 1. The fraction of sp³-hybridized carbons (Fsp3) is 0.615. The lowest BCUT2D eigenvalue weighted by Gasteiger charge is -2.34. The van der Waals surface area contributed by atoms with Crippen LogP contribution in [0.2, 0.25) is 0 Å². The Morgan fingerprint density at radius 2 is 2.10 bits per heavy atom. The molecule has 114 valence electrons. The van der Waals surface area contributed by atoms with E-state index in [0.717, 1.165) is 56.6 Å². The zero-order valence-electron chi connectivity index (χ0n) is 12.3. The third-order valence-electron chi connectivity index (χ3n) is 3.65. The van der Waals surface area contributed by atoms with E-state index in [1.807, 2.05) is 29.5 Å². The topological polar surface area (TPSA) is 62.1 Å². The van der Waals surface area contributed by atoms with E-state index in [1.165, 1.54) is 0 Å². The summed E-state index contributed by atoms with van der Waals surface area (Å²) in [7, 11) is 1.92. The van der Waals surface area contributed by atoms with Crippen LogP contribution in [0, 0.1) is 0 Å². The minimum Gasteiger partial charge on any atom is -0.346 e. The van der Waals surface area contributed by atoms with Crippen LogP contribution in [0.1, 0.15) is 5.69 Å². The van der Waals surface area contributed by atoms with Crippen LogP contribution in [0.4, 0.5) is 5.13 Å². The summed E-state index contributed by atoms with van der Waals surface area (Å²) in [6.07, 6.45) is 3.89. The molecule has 7 nitrogen and oxygen atoms in total. The highest BCUT2D eigenvalue weighted by Crippen LogP contribution is 2.18. The highest BCUT2D eigenvalue weighted by atomic mass is 32.1. The number of rotatable bonds is 6. The lowest BCUT2D eigenvalue weighted by molar-refractivity contribution is 0.243. The molecule has 0 bridgehead atoms. The molecule has 0 amide bonds. The average molecular weight is 307 g/mol. The Bertz CT molecular complexity index is 530. The zero-order valence-corrected chi connectivity index (χ0v) is 13.1. The normalized spacial score (nSPS) is 16.5. The average Bonchev–Trinajstić information content (AvgIpc) is 3.18. The summed E-state index contributed by atoms with van der Waals surface area (Å²) in [5.74, 6) is 0. The van der Waals surface area contributed by atoms with Crippen LogP contribution < -0.4 is 10.2 Å². The summed E-state index contributed by atoms with van der Waals surface area (Å²) < 4.78 is 1.93. The first-order chi connectivity index (χ1) is 10.3. The van der Waals surface area contributed by atoms with Crippen molar-refractivity contribution in [2.75, 3.05) is 44.7 Å². The second-order valence-corrected chi connectivity index (χ2v) is 6.02. The van der Waals surface area contributed by atoms with Gasteiger partial charge in [-0.05, 0) is 7.05 Å². The summed E-state index contributed by atoms with van der Waals surface area (Å²) in [6.45, 7) is 6.95. The molecule has 0 atom stereocenters. The summed E-state index contributed by atoms with van der Waals surface area (Å²) >= 11 is 1.72. The minimum atomic E-state index is 0.770. The Balaban J connectivity index is 1.42. The van der Waals surface area contributed by atoms with E-state index in [2.05, 4.69) is 30.4 Å². The second kappa shape index (κ2) is 6.97. The molecule has 21 heavy (non-hydrogen) atoms. The number of thiazole rings is 1. The van der Waals surface area contributed by atoms with Gasteiger partial charge in [0.25, 0.3) is 0 Å². The molecule has 3 rings (SSSR count). The quantitative estimate of drug-likeness (QED) is 0.827. The zero-order chi connectivity index (χ0) is 14.5. The van der Waals surface area contributed by atoms with Crippen molar-refractivity contribution < 1.29 is 0 Å². The molecule has 1 aliphatic rings. The highest BCUT2D eigenvalue weighted by molar-refractivity contribution is 7.13. The molecule has 1 saturated heterocycles. The molecule has 3 heterocycles. The van der Waals surface area contributed by atoms with Gasteiger partial charge in [0.15, 0.2) is 5.13 Å². The van der Waals surface area contributed by atoms with E-state index < -0.39 is 0 Å². The molecule has 1 aliphatic heterocycles. The second-order valence-electron chi connectivity index (χ2n) is 5.15. The first-order valence-corrected chi connectivity index (χ1v) is 8.13. The summed E-state index contributed by atoms with van der Waals surface area (Å²) in [5.41, 5.74) is 0.992. The smallest absolute Gasteiger partial charge is 0.185 e. The van der Waals surface area contributed by atoms with Crippen LogP contribution in [0.5, 0.6) is 0 Å². The van der Waals surface area contributed by atoms with E-state index in [1.54, 1.807) is 11.3 Å². The number of piperazine rings is 1. The van der Waals surface area contributed by atoms with Crippen LogP contribution in [0.3, 0.4) is 0 Å². The molecule has 1 fully saturated rings. The monoisotopic (exact) mass is 307 g/mol. The summed E-state index contributed by atoms with van der Waals surface area (Å²) in [6, 6.07) is 0. The number of nitrogens with one attached hydrogen (secondary N) is 1. The van der Waals surface area contributed by atoms with Crippen LogP contribution in [-0.2, 0) is 13.1 Å². The van der Waals surface area contributed by atoms with Crippen molar-refractivity contribution >= 4 is 16.5 Å². The lowest BCUT2D eigenvalue weighted by atomic mass is 10.3. The standard InChI is InChI=1S/C13H21N7S/c1-14-10-12-11-20(17-16-12)8-5-18-3-6-19(7-4-18)13-15-2-9-21-13/h2,9,11,14H,3-8,10H2,1H3. The van der Waals surface area contributed by atoms with Crippen molar-refractivity contribution in [1.29, 1.82) is 0 Å². The fourth-order valence-electron chi connectivity index (χ4n) is 2.49. The molecule has 0 aliphatic carbocycles. The lowest BCUT2D eigenvalue weighted by Crippen LogP contribution is -2.47. The maximum atomic E-state index is 4.38. The Labute approximate surface area is 128 Å². The Hall–Kier alpha value is -1.51. The molecule has 0 radical (unpaired) electrons. The van der Waals surface area contributed by atoms with Gasteiger partial charge in [0.2, 0.25) is 0 Å². The predicted molar refractivity (Wildman–Crippen MR) is 83.6 cm³/mol. The van der Waals surface area contributed by atoms with Crippen molar-refractivity contribution in [3.8, 4) is 0 Å². The van der Waals surface area contributed by atoms with Crippen molar-refractivity contribution in [2.45, 2.75) is 13.1 Å². The maximum absolute atomic E-state index is 4.38. The Morgan fingerprint density at radius 3 is 2.81 bits per heavy atom. The minimum absolute atomic E-state index is 0.770. The third-order valence-corrected chi connectivity index (χ3v) is 4.48. The van der Waals surface area contributed by atoms with E-state index in [4.69, 9.17) is 0 Å². The first kappa shape index (κ1) is 14.4. The van der Waals surface area contributed by atoms with E-state index in [-0.39, 0.29) is 0 Å². The van der Waals surface area contributed by atoms with E-state index in [9.17, 15) is 0 Å². The van der Waals surface area contributed by atoms with Crippen LogP contribution in [-0.4, -0.2) is 64.6 Å². The molecule has 0 spiro atoms. The third kappa shape index (κ3) is 3.78. The van der Waals surface area contributed by atoms with Gasteiger partial charge >= 0.3 is 0 Å². The fourth-order valence-corrected chi connectivity index (χ4v) is 3.19. The van der Waals surface area contributed by atoms with Gasteiger partial charge in [-0.3, -0.25) is 9.58 Å². The van der Waals surface area contributed by atoms with E-state index >= 15 is 0 Å². The van der Waals surface area contributed by atoms with Crippen molar-refractivity contribution in [3.05, 3.63) is 23.5 Å². The van der Waals surface area contributed by atoms with Gasteiger partial charge in [-0.25, -0.2) is 4.98 Å². The molecular formula is C13H21N7S. The maximum Gasteiger partial charge on any atom is 0.185 e. The van der Waals surface area contributed by atoms with Gasteiger partial charge in [0.05, 0.1) is 12.2 Å². The SMILES string of the molecule is CNCc1cn(CCN2CCN(c3nccs3)CC2)nn1. The van der Waals surface area contributed by atoms with Gasteiger partial charge in [-0.2, -0.15) is 0 Å². The number of anilines is 1. The summed E-state index contributed by atoms with van der Waals surface area (Å²) in [4.78, 5) is 9.21. The van der Waals surface area contributed by atoms with Gasteiger partial charge < -0.3 is 10.2 Å².